The van der Waals surface area contributed by atoms with Crippen LogP contribution in [0.5, 0.6) is 5.75 Å². The zero-order valence-electron chi connectivity index (χ0n) is 11.6. The Morgan fingerprint density at radius 2 is 2.00 bits per heavy atom. The Morgan fingerprint density at radius 3 is 2.50 bits per heavy atom. The highest BCUT2D eigenvalue weighted by Gasteiger charge is 2.18. The monoisotopic (exact) mass is 251 g/mol. The van der Waals surface area contributed by atoms with Crippen molar-refractivity contribution in [3.05, 3.63) is 23.3 Å². The van der Waals surface area contributed by atoms with E-state index in [1.165, 1.54) is 0 Å². The molecule has 0 aliphatic carbocycles. The number of ether oxygens (including phenoxy) is 1. The molecule has 0 aliphatic rings. The number of anilines is 1. The minimum atomic E-state index is -0.527. The summed E-state index contributed by atoms with van der Waals surface area (Å²) in [6.07, 6.45) is 0.242. The Hall–Kier alpha value is -1.71. The lowest BCUT2D eigenvalue weighted by molar-refractivity contribution is 0.0635. The average Bonchev–Trinajstić information content (AvgIpc) is 2.18. The molecule has 0 heterocycles. The molecule has 4 heteroatoms. The lowest BCUT2D eigenvalue weighted by atomic mass is 10.1. The molecule has 1 aromatic carbocycles. The first-order valence-corrected chi connectivity index (χ1v) is 6.05. The third-order valence-corrected chi connectivity index (χ3v) is 2.41. The summed E-state index contributed by atoms with van der Waals surface area (Å²) in [5.41, 5.74) is 1.89. The smallest absolute Gasteiger partial charge is 0.412 e. The molecule has 0 atom stereocenters. The summed E-state index contributed by atoms with van der Waals surface area (Å²) in [5, 5.41) is 12.3. The molecule has 0 aliphatic heterocycles. The van der Waals surface area contributed by atoms with Crippen LogP contribution in [0.2, 0.25) is 0 Å². The van der Waals surface area contributed by atoms with Crippen molar-refractivity contribution in [3.63, 3.8) is 0 Å². The lowest BCUT2D eigenvalue weighted by Crippen LogP contribution is -2.27. The van der Waals surface area contributed by atoms with Crippen LogP contribution in [0.15, 0.2) is 12.1 Å². The Morgan fingerprint density at radius 1 is 1.39 bits per heavy atom. The molecule has 4 nitrogen and oxygen atoms in total. The number of aromatic hydroxyl groups is 1. The molecule has 1 amide bonds. The van der Waals surface area contributed by atoms with Crippen molar-refractivity contribution >= 4 is 11.8 Å². The largest absolute Gasteiger partial charge is 0.508 e. The second kappa shape index (κ2) is 5.29. The van der Waals surface area contributed by atoms with Crippen molar-refractivity contribution in [3.8, 4) is 5.75 Å². The molecule has 0 saturated carbocycles. The summed E-state index contributed by atoms with van der Waals surface area (Å²) in [7, 11) is 0. The third-order valence-electron chi connectivity index (χ3n) is 2.41. The number of carbonyl (C=O) groups is 1. The van der Waals surface area contributed by atoms with Gasteiger partial charge in [0.2, 0.25) is 0 Å². The topological polar surface area (TPSA) is 58.6 Å². The molecular formula is C14H21NO3. The average molecular weight is 251 g/mol. The maximum Gasteiger partial charge on any atom is 0.412 e. The van der Waals surface area contributed by atoms with Gasteiger partial charge in [0.1, 0.15) is 11.4 Å². The standard InChI is InChI=1S/C14H21NO3/c1-6-10-8-11(16)7-9(2)12(10)15-13(17)18-14(3,4)5/h7-8,16H,6H2,1-5H3,(H,15,17). The summed E-state index contributed by atoms with van der Waals surface area (Å²) < 4.78 is 5.21. The Bertz CT molecular complexity index is 447. The SMILES string of the molecule is CCc1cc(O)cc(C)c1NC(=O)OC(C)(C)C. The van der Waals surface area contributed by atoms with Crippen LogP contribution in [0.1, 0.15) is 38.8 Å². The molecule has 2 N–H and O–H groups in total. The van der Waals surface area contributed by atoms with E-state index in [0.29, 0.717) is 5.69 Å². The molecule has 0 fully saturated rings. The van der Waals surface area contributed by atoms with E-state index in [0.717, 1.165) is 17.5 Å². The highest BCUT2D eigenvalue weighted by Crippen LogP contribution is 2.27. The zero-order chi connectivity index (χ0) is 13.9. The van der Waals surface area contributed by atoms with Gasteiger partial charge in [-0.25, -0.2) is 4.79 Å². The van der Waals surface area contributed by atoms with Gasteiger partial charge >= 0.3 is 6.09 Å². The van der Waals surface area contributed by atoms with Gasteiger partial charge in [0.05, 0.1) is 5.69 Å². The summed E-state index contributed by atoms with van der Waals surface area (Å²) >= 11 is 0. The quantitative estimate of drug-likeness (QED) is 0.789. The Kier molecular flexibility index (Phi) is 4.22. The Balaban J connectivity index is 2.94. The first-order chi connectivity index (χ1) is 8.23. The molecule has 1 aromatic rings. The molecule has 0 saturated heterocycles. The molecule has 0 unspecified atom stereocenters. The fourth-order valence-corrected chi connectivity index (χ4v) is 1.70. The predicted molar refractivity (Wildman–Crippen MR) is 72.1 cm³/mol. The van der Waals surface area contributed by atoms with Gasteiger partial charge in [0, 0.05) is 0 Å². The minimum absolute atomic E-state index is 0.207. The molecule has 100 valence electrons. The first-order valence-electron chi connectivity index (χ1n) is 6.05. The van der Waals surface area contributed by atoms with Gasteiger partial charge in [-0.1, -0.05) is 6.92 Å². The van der Waals surface area contributed by atoms with Crippen molar-refractivity contribution < 1.29 is 14.6 Å². The number of amides is 1. The summed E-state index contributed by atoms with van der Waals surface area (Å²) in [5.74, 6) is 0.207. The predicted octanol–water partition coefficient (Wildman–Crippen LogP) is 3.61. The van der Waals surface area contributed by atoms with Crippen LogP contribution in [-0.2, 0) is 11.2 Å². The maximum atomic E-state index is 11.7. The molecular weight excluding hydrogens is 230 g/mol. The van der Waals surface area contributed by atoms with Gasteiger partial charge < -0.3 is 9.84 Å². The fourth-order valence-electron chi connectivity index (χ4n) is 1.70. The van der Waals surface area contributed by atoms with E-state index in [9.17, 15) is 9.90 Å². The normalized spacial score (nSPS) is 11.2. The van der Waals surface area contributed by atoms with Crippen LogP contribution in [0.3, 0.4) is 0 Å². The number of carbonyl (C=O) groups excluding carboxylic acids is 1. The molecule has 1 rings (SSSR count). The second-order valence-electron chi connectivity index (χ2n) is 5.28. The van der Waals surface area contributed by atoms with Gasteiger partial charge in [-0.3, -0.25) is 5.32 Å². The van der Waals surface area contributed by atoms with E-state index in [4.69, 9.17) is 4.74 Å². The summed E-state index contributed by atoms with van der Waals surface area (Å²) in [6.45, 7) is 9.25. The Labute approximate surface area is 108 Å². The van der Waals surface area contributed by atoms with Crippen molar-refractivity contribution in [2.24, 2.45) is 0 Å². The number of phenolic OH excluding ortho intramolecular Hbond substituents is 1. The summed E-state index contributed by atoms with van der Waals surface area (Å²) in [4.78, 5) is 11.7. The van der Waals surface area contributed by atoms with Gasteiger partial charge in [0.25, 0.3) is 0 Å². The van der Waals surface area contributed by atoms with Crippen LogP contribution >= 0.6 is 0 Å². The lowest BCUT2D eigenvalue weighted by Gasteiger charge is -2.21. The van der Waals surface area contributed by atoms with E-state index >= 15 is 0 Å². The number of nitrogens with one attached hydrogen (secondary N) is 1. The van der Waals surface area contributed by atoms with Crippen LogP contribution in [0.4, 0.5) is 10.5 Å². The zero-order valence-corrected chi connectivity index (χ0v) is 11.6. The van der Waals surface area contributed by atoms with Crippen molar-refractivity contribution in [2.75, 3.05) is 5.32 Å². The number of aryl methyl sites for hydroxylation is 2. The minimum Gasteiger partial charge on any atom is -0.508 e. The van der Waals surface area contributed by atoms with Gasteiger partial charge in [-0.15, -0.1) is 0 Å². The summed E-state index contributed by atoms with van der Waals surface area (Å²) in [6, 6.07) is 3.27. The third kappa shape index (κ3) is 3.95. The van der Waals surface area contributed by atoms with Gasteiger partial charge in [-0.2, -0.15) is 0 Å². The number of hydrogen-bond donors (Lipinski definition) is 2. The van der Waals surface area contributed by atoms with Crippen molar-refractivity contribution in [1.82, 2.24) is 0 Å². The number of benzene rings is 1. The highest BCUT2D eigenvalue weighted by molar-refractivity contribution is 5.87. The van der Waals surface area contributed by atoms with Crippen molar-refractivity contribution in [1.29, 1.82) is 0 Å². The highest BCUT2D eigenvalue weighted by atomic mass is 16.6. The number of hydrogen-bond acceptors (Lipinski definition) is 3. The van der Waals surface area contributed by atoms with Crippen LogP contribution in [0.25, 0.3) is 0 Å². The molecule has 0 radical (unpaired) electrons. The molecule has 18 heavy (non-hydrogen) atoms. The van der Waals surface area contributed by atoms with E-state index in [1.807, 2.05) is 34.6 Å². The number of rotatable bonds is 2. The molecule has 0 spiro atoms. The van der Waals surface area contributed by atoms with E-state index in [2.05, 4.69) is 5.32 Å². The van der Waals surface area contributed by atoms with Crippen LogP contribution < -0.4 is 5.32 Å². The van der Waals surface area contributed by atoms with Gasteiger partial charge in [-0.05, 0) is 57.4 Å². The number of phenols is 1. The van der Waals surface area contributed by atoms with E-state index in [1.54, 1.807) is 12.1 Å². The van der Waals surface area contributed by atoms with E-state index in [-0.39, 0.29) is 5.75 Å². The molecule has 0 bridgehead atoms. The second-order valence-corrected chi connectivity index (χ2v) is 5.28. The first kappa shape index (κ1) is 14.4. The fraction of sp³-hybridized carbons (Fsp3) is 0.500. The van der Waals surface area contributed by atoms with Crippen molar-refractivity contribution in [2.45, 2.75) is 46.6 Å². The maximum absolute atomic E-state index is 11.7. The van der Waals surface area contributed by atoms with E-state index < -0.39 is 11.7 Å². The van der Waals surface area contributed by atoms with Crippen LogP contribution in [-0.4, -0.2) is 16.8 Å². The van der Waals surface area contributed by atoms with Gasteiger partial charge in [0.15, 0.2) is 0 Å². The van der Waals surface area contributed by atoms with Crippen LogP contribution in [0, 0.1) is 6.92 Å². The molecule has 0 aromatic heterocycles.